The lowest BCUT2D eigenvalue weighted by Gasteiger charge is -2.22. The van der Waals surface area contributed by atoms with Crippen LogP contribution in [-0.4, -0.2) is 32.5 Å². The van der Waals surface area contributed by atoms with Gasteiger partial charge in [0, 0.05) is 35.5 Å². The second-order valence-corrected chi connectivity index (χ2v) is 7.79. The average Bonchev–Trinajstić information content (AvgIpc) is 3.16. The van der Waals surface area contributed by atoms with Gasteiger partial charge in [-0.15, -0.1) is 0 Å². The summed E-state index contributed by atoms with van der Waals surface area (Å²) in [5.74, 6) is 0.385. The van der Waals surface area contributed by atoms with Crippen molar-refractivity contribution >= 4 is 44.8 Å². The Morgan fingerprint density at radius 3 is 2.87 bits per heavy atom. The largest absolute Gasteiger partial charge is 0.474 e. The summed E-state index contributed by atoms with van der Waals surface area (Å²) in [7, 11) is 0. The first-order chi connectivity index (χ1) is 14.5. The summed E-state index contributed by atoms with van der Waals surface area (Å²) in [6.45, 7) is 5.02. The molecule has 0 atom stereocenters. The lowest BCUT2D eigenvalue weighted by molar-refractivity contribution is 0.310. The number of hydrogen-bond acceptors (Lipinski definition) is 9. The minimum absolute atomic E-state index is 0.00372. The highest BCUT2D eigenvalue weighted by Crippen LogP contribution is 2.39. The summed E-state index contributed by atoms with van der Waals surface area (Å²) >= 11 is 1.32. The maximum atomic E-state index is 15.2. The molecule has 5 rings (SSSR count). The van der Waals surface area contributed by atoms with Gasteiger partial charge in [0.15, 0.2) is 5.82 Å². The summed E-state index contributed by atoms with van der Waals surface area (Å²) < 4.78 is 25.0. The van der Waals surface area contributed by atoms with Crippen LogP contribution >= 0.6 is 11.5 Å². The van der Waals surface area contributed by atoms with Crippen molar-refractivity contribution < 1.29 is 9.13 Å². The number of nitrogen functional groups attached to an aromatic ring is 1. The van der Waals surface area contributed by atoms with Gasteiger partial charge in [0.2, 0.25) is 11.8 Å². The van der Waals surface area contributed by atoms with Gasteiger partial charge in [-0.2, -0.15) is 4.37 Å². The molecule has 0 amide bonds. The molecular weight excluding hydrogens is 405 g/mol. The number of aromatic nitrogens is 4. The highest BCUT2D eigenvalue weighted by atomic mass is 32.1. The van der Waals surface area contributed by atoms with Crippen LogP contribution in [0.2, 0.25) is 0 Å². The number of ether oxygens (including phenoxy) is 1. The zero-order chi connectivity index (χ0) is 20.8. The van der Waals surface area contributed by atoms with Crippen LogP contribution in [0, 0.1) is 19.7 Å². The predicted octanol–water partition coefficient (Wildman–Crippen LogP) is 4.03. The maximum absolute atomic E-state index is 15.2. The Morgan fingerprint density at radius 2 is 2.07 bits per heavy atom. The summed E-state index contributed by atoms with van der Waals surface area (Å²) in [6, 6.07) is 3.58. The summed E-state index contributed by atoms with van der Waals surface area (Å²) in [5.41, 5.74) is 10.1. The molecule has 0 spiro atoms. The highest BCUT2D eigenvalue weighted by molar-refractivity contribution is 7.10. The molecule has 8 nitrogen and oxygen atoms in total. The third-order valence-corrected chi connectivity index (χ3v) is 5.76. The quantitative estimate of drug-likeness (QED) is 0.424. The number of hydrogen-bond donors (Lipinski definition) is 3. The first-order valence-electron chi connectivity index (χ1n) is 9.33. The van der Waals surface area contributed by atoms with Gasteiger partial charge in [-0.05, 0) is 43.1 Å². The van der Waals surface area contributed by atoms with Gasteiger partial charge in [0.05, 0.1) is 16.9 Å². The fourth-order valence-electron chi connectivity index (χ4n) is 3.46. The minimum atomic E-state index is -0.522. The summed E-state index contributed by atoms with van der Waals surface area (Å²) in [6.07, 6.45) is 3.12. The number of benzene rings is 1. The van der Waals surface area contributed by atoms with E-state index in [0.29, 0.717) is 47.0 Å². The van der Waals surface area contributed by atoms with Crippen molar-refractivity contribution in [2.24, 2.45) is 0 Å². The van der Waals surface area contributed by atoms with Gasteiger partial charge in [-0.3, -0.25) is 0 Å². The SMILES string of the molecule is Cc1cc(Nc2ncc3c(N)c(F)c(-c4cnc5c(c4C)NCCO5)cc3n2)sn1. The van der Waals surface area contributed by atoms with Crippen molar-refractivity contribution in [1.29, 1.82) is 0 Å². The van der Waals surface area contributed by atoms with Crippen LogP contribution in [0.3, 0.4) is 0 Å². The molecule has 1 aromatic carbocycles. The van der Waals surface area contributed by atoms with Crippen molar-refractivity contribution in [3.8, 4) is 17.0 Å². The fraction of sp³-hybridized carbons (Fsp3) is 0.200. The summed E-state index contributed by atoms with van der Waals surface area (Å²) in [5, 5.41) is 7.67. The van der Waals surface area contributed by atoms with Gasteiger partial charge in [-0.1, -0.05) is 0 Å². The molecule has 0 bridgehead atoms. The molecular formula is C20H18FN7OS. The van der Waals surface area contributed by atoms with Crippen LogP contribution in [0.1, 0.15) is 11.3 Å². The Labute approximate surface area is 175 Å². The second kappa shape index (κ2) is 7.06. The van der Waals surface area contributed by atoms with E-state index in [4.69, 9.17) is 10.5 Å². The fourth-order valence-corrected chi connectivity index (χ4v) is 4.11. The first-order valence-corrected chi connectivity index (χ1v) is 10.1. The van der Waals surface area contributed by atoms with E-state index in [-0.39, 0.29) is 5.69 Å². The number of nitrogens with two attached hydrogens (primary N) is 1. The number of rotatable bonds is 3. The minimum Gasteiger partial charge on any atom is -0.474 e. The monoisotopic (exact) mass is 423 g/mol. The van der Waals surface area contributed by atoms with Gasteiger partial charge < -0.3 is 21.1 Å². The molecule has 0 unspecified atom stereocenters. The lowest BCUT2D eigenvalue weighted by atomic mass is 9.98. The number of nitrogens with zero attached hydrogens (tertiary/aromatic N) is 4. The van der Waals surface area contributed by atoms with Gasteiger partial charge in [-0.25, -0.2) is 19.3 Å². The Bertz CT molecular complexity index is 1290. The van der Waals surface area contributed by atoms with Crippen LogP contribution in [0.4, 0.5) is 26.7 Å². The Balaban J connectivity index is 1.63. The van der Waals surface area contributed by atoms with E-state index in [1.54, 1.807) is 12.3 Å². The average molecular weight is 423 g/mol. The zero-order valence-electron chi connectivity index (χ0n) is 16.3. The molecule has 152 valence electrons. The summed E-state index contributed by atoms with van der Waals surface area (Å²) in [4.78, 5) is 13.1. The van der Waals surface area contributed by atoms with E-state index in [9.17, 15) is 0 Å². The molecule has 4 heterocycles. The third kappa shape index (κ3) is 3.05. The van der Waals surface area contributed by atoms with Gasteiger partial charge >= 0.3 is 0 Å². The zero-order valence-corrected chi connectivity index (χ0v) is 17.1. The molecule has 0 radical (unpaired) electrons. The number of aryl methyl sites for hydroxylation is 1. The van der Waals surface area contributed by atoms with E-state index in [1.165, 1.54) is 17.7 Å². The van der Waals surface area contributed by atoms with Crippen LogP contribution in [0.15, 0.2) is 24.5 Å². The highest BCUT2D eigenvalue weighted by Gasteiger charge is 2.21. The molecule has 10 heteroatoms. The number of pyridine rings is 1. The van der Waals surface area contributed by atoms with Crippen molar-refractivity contribution in [1.82, 2.24) is 19.3 Å². The van der Waals surface area contributed by atoms with E-state index < -0.39 is 5.82 Å². The van der Waals surface area contributed by atoms with Crippen molar-refractivity contribution in [2.45, 2.75) is 13.8 Å². The molecule has 30 heavy (non-hydrogen) atoms. The number of halogens is 1. The molecule has 1 aliphatic heterocycles. The smallest absolute Gasteiger partial charge is 0.237 e. The van der Waals surface area contributed by atoms with Crippen LogP contribution in [0.5, 0.6) is 5.88 Å². The standard InChI is InChI=1S/C20H18FN7OS/c1-9-5-15(30-28-9)27-20-25-8-13-14(26-20)6-11(16(21)17(13)22)12-7-24-19-18(10(12)2)23-3-4-29-19/h5-8,23H,3-4,22H2,1-2H3,(H,25,26,27). The Morgan fingerprint density at radius 1 is 1.20 bits per heavy atom. The third-order valence-electron chi connectivity index (χ3n) is 4.96. The topological polar surface area (TPSA) is 111 Å². The molecule has 3 aromatic heterocycles. The van der Waals surface area contributed by atoms with Gasteiger partial charge in [0.25, 0.3) is 0 Å². The van der Waals surface area contributed by atoms with Crippen molar-refractivity contribution in [3.63, 3.8) is 0 Å². The molecule has 4 aromatic rings. The van der Waals surface area contributed by atoms with Crippen molar-refractivity contribution in [2.75, 3.05) is 29.5 Å². The van der Waals surface area contributed by atoms with Gasteiger partial charge in [0.1, 0.15) is 17.3 Å². The maximum Gasteiger partial charge on any atom is 0.237 e. The number of anilines is 4. The lowest BCUT2D eigenvalue weighted by Crippen LogP contribution is -2.20. The van der Waals surface area contributed by atoms with E-state index in [0.717, 1.165) is 21.9 Å². The number of nitrogens with one attached hydrogen (secondary N) is 2. The normalized spacial score (nSPS) is 12.9. The Hall–Kier alpha value is -3.53. The Kier molecular flexibility index (Phi) is 4.35. The second-order valence-electron chi connectivity index (χ2n) is 6.99. The van der Waals surface area contributed by atoms with E-state index >= 15 is 4.39 Å². The molecule has 0 aliphatic carbocycles. The van der Waals surface area contributed by atoms with Crippen molar-refractivity contribution in [3.05, 3.63) is 41.6 Å². The molecule has 1 aliphatic rings. The van der Waals surface area contributed by atoms with E-state index in [1.807, 2.05) is 19.9 Å². The van der Waals surface area contributed by atoms with Crippen LogP contribution in [0.25, 0.3) is 22.0 Å². The van der Waals surface area contributed by atoms with Crippen LogP contribution in [-0.2, 0) is 0 Å². The predicted molar refractivity (Wildman–Crippen MR) is 116 cm³/mol. The molecule has 0 saturated carbocycles. The number of fused-ring (bicyclic) bond motifs is 2. The van der Waals surface area contributed by atoms with E-state index in [2.05, 4.69) is 30.0 Å². The molecule has 0 fully saturated rings. The molecule has 4 N–H and O–H groups in total. The molecule has 0 saturated heterocycles. The van der Waals surface area contributed by atoms with Crippen LogP contribution < -0.4 is 21.1 Å². The first kappa shape index (κ1) is 18.5.